The zero-order valence-corrected chi connectivity index (χ0v) is 20.5. The van der Waals surface area contributed by atoms with Gasteiger partial charge in [-0.1, -0.05) is 75.9 Å². The van der Waals surface area contributed by atoms with E-state index in [0.29, 0.717) is 30.7 Å². The van der Waals surface area contributed by atoms with E-state index in [4.69, 9.17) is 14.2 Å². The Balaban J connectivity index is 1.26. The lowest BCUT2D eigenvalue weighted by Gasteiger charge is -2.54. The summed E-state index contributed by atoms with van der Waals surface area (Å²) >= 11 is 0. The third kappa shape index (κ3) is 5.66. The lowest BCUT2D eigenvalue weighted by atomic mass is 9.51. The van der Waals surface area contributed by atoms with E-state index in [0.717, 1.165) is 6.42 Å². The summed E-state index contributed by atoms with van der Waals surface area (Å²) in [5.41, 5.74) is 3.89. The summed E-state index contributed by atoms with van der Waals surface area (Å²) in [4.78, 5) is 0. The molecule has 1 aromatic carbocycles. The Morgan fingerprint density at radius 3 is 2.25 bits per heavy atom. The van der Waals surface area contributed by atoms with Gasteiger partial charge in [0.2, 0.25) is 0 Å². The molecule has 3 saturated carbocycles. The second kappa shape index (κ2) is 11.3. The number of rotatable bonds is 11. The number of ether oxygens (including phenoxy) is 3. The molecule has 0 N–H and O–H groups in total. The number of allylic oxidation sites excluding steroid dienone is 1. The van der Waals surface area contributed by atoms with Crippen molar-refractivity contribution in [1.29, 1.82) is 0 Å². The molecule has 3 heteroatoms. The van der Waals surface area contributed by atoms with Gasteiger partial charge in [0, 0.05) is 0 Å². The predicted octanol–water partition coefficient (Wildman–Crippen LogP) is 7.65. The summed E-state index contributed by atoms with van der Waals surface area (Å²) in [7, 11) is 0. The molecule has 32 heavy (non-hydrogen) atoms. The van der Waals surface area contributed by atoms with Crippen molar-refractivity contribution >= 4 is 0 Å². The maximum atomic E-state index is 6.09. The Bertz CT molecular complexity index is 690. The van der Waals surface area contributed by atoms with Crippen molar-refractivity contribution in [2.75, 3.05) is 19.8 Å². The van der Waals surface area contributed by atoms with Crippen LogP contribution in [0.1, 0.15) is 108 Å². The zero-order valence-electron chi connectivity index (χ0n) is 20.5. The molecule has 5 rings (SSSR count). The molecule has 3 aliphatic carbocycles. The van der Waals surface area contributed by atoms with E-state index in [1.807, 2.05) is 0 Å². The fourth-order valence-electron chi connectivity index (χ4n) is 6.16. The molecule has 0 amide bonds. The van der Waals surface area contributed by atoms with Crippen LogP contribution in [0.3, 0.4) is 0 Å². The first-order valence-corrected chi connectivity index (χ1v) is 13.3. The molecular formula is C29H44O3. The van der Waals surface area contributed by atoms with Crippen molar-refractivity contribution in [1.82, 2.24) is 0 Å². The lowest BCUT2D eigenvalue weighted by Crippen LogP contribution is -2.44. The monoisotopic (exact) mass is 440 g/mol. The van der Waals surface area contributed by atoms with Crippen molar-refractivity contribution in [2.45, 2.75) is 109 Å². The number of benzene rings is 1. The van der Waals surface area contributed by atoms with Crippen LogP contribution in [0.2, 0.25) is 0 Å². The second-order valence-electron chi connectivity index (χ2n) is 10.5. The summed E-state index contributed by atoms with van der Waals surface area (Å²) in [6.07, 6.45) is 20.4. The maximum absolute atomic E-state index is 6.09. The zero-order chi connectivity index (χ0) is 22.3. The first-order chi connectivity index (χ1) is 15.7. The average molecular weight is 441 g/mol. The molecule has 1 aromatic rings. The van der Waals surface area contributed by atoms with Crippen LogP contribution in [-0.2, 0) is 19.6 Å². The fourth-order valence-corrected chi connectivity index (χ4v) is 6.16. The van der Waals surface area contributed by atoms with E-state index < -0.39 is 0 Å². The lowest BCUT2D eigenvalue weighted by molar-refractivity contribution is -0.232. The molecule has 0 radical (unpaired) electrons. The molecule has 2 bridgehead atoms. The smallest absolute Gasteiger partial charge is 0.181 e. The van der Waals surface area contributed by atoms with Crippen LogP contribution in [0, 0.1) is 5.41 Å². The highest BCUT2D eigenvalue weighted by molar-refractivity contribution is 5.32. The van der Waals surface area contributed by atoms with Gasteiger partial charge in [0.15, 0.2) is 6.29 Å². The van der Waals surface area contributed by atoms with Gasteiger partial charge in [-0.3, -0.25) is 0 Å². The Morgan fingerprint density at radius 1 is 0.875 bits per heavy atom. The summed E-state index contributed by atoms with van der Waals surface area (Å²) in [5.74, 6) is 0. The van der Waals surface area contributed by atoms with Crippen LogP contribution in [0.15, 0.2) is 36.4 Å². The Kier molecular flexibility index (Phi) is 8.48. The van der Waals surface area contributed by atoms with E-state index in [9.17, 15) is 0 Å². The molecule has 1 aliphatic heterocycles. The second-order valence-corrected chi connectivity index (χ2v) is 10.5. The molecule has 0 spiro atoms. The summed E-state index contributed by atoms with van der Waals surface area (Å²) < 4.78 is 17.8. The maximum Gasteiger partial charge on any atom is 0.181 e. The van der Waals surface area contributed by atoms with Gasteiger partial charge in [-0.25, -0.2) is 0 Å². The van der Waals surface area contributed by atoms with Crippen LogP contribution >= 0.6 is 0 Å². The normalized spacial score (nSPS) is 32.6. The minimum atomic E-state index is -0.252. The molecule has 4 fully saturated rings. The van der Waals surface area contributed by atoms with Crippen molar-refractivity contribution < 1.29 is 14.2 Å². The number of hydrogen-bond donors (Lipinski definition) is 0. The number of unbranched alkanes of at least 4 members (excludes halogenated alkanes) is 3. The Hall–Kier alpha value is -1.16. The third-order valence-electron chi connectivity index (χ3n) is 8.47. The molecule has 2 atom stereocenters. The van der Waals surface area contributed by atoms with E-state index in [2.05, 4.69) is 50.3 Å². The third-order valence-corrected chi connectivity index (χ3v) is 8.47. The SMILES string of the molecule is CCC/C=C/COC1COC(c2ccc(C34CCC(CCCCC)(CC3)CC4)cc2)CO1. The van der Waals surface area contributed by atoms with Crippen molar-refractivity contribution in [3.8, 4) is 0 Å². The first kappa shape index (κ1) is 24.0. The van der Waals surface area contributed by atoms with Crippen LogP contribution in [-0.4, -0.2) is 26.1 Å². The van der Waals surface area contributed by atoms with Gasteiger partial charge < -0.3 is 14.2 Å². The predicted molar refractivity (Wildman–Crippen MR) is 131 cm³/mol. The quantitative estimate of drug-likeness (QED) is 0.261. The van der Waals surface area contributed by atoms with Crippen LogP contribution in [0.4, 0.5) is 0 Å². The largest absolute Gasteiger partial charge is 0.366 e. The van der Waals surface area contributed by atoms with Gasteiger partial charge in [0.1, 0.15) is 6.10 Å². The van der Waals surface area contributed by atoms with Gasteiger partial charge in [-0.15, -0.1) is 0 Å². The Morgan fingerprint density at radius 2 is 1.62 bits per heavy atom. The van der Waals surface area contributed by atoms with Crippen molar-refractivity contribution in [3.63, 3.8) is 0 Å². The number of hydrogen-bond acceptors (Lipinski definition) is 3. The summed E-state index contributed by atoms with van der Waals surface area (Å²) in [5, 5.41) is 0. The standard InChI is InChI=1S/C29H44O3/c1-3-5-7-9-21-30-27-23-31-26(22-32-27)24-10-12-25(13-11-24)29-18-15-28(16-19-29,17-20-29)14-8-6-4-2/h7,9-13,26-27H,3-6,8,14-23H2,1-2H3/b9-7+. The van der Waals surface area contributed by atoms with Crippen LogP contribution < -0.4 is 0 Å². The molecule has 3 nitrogen and oxygen atoms in total. The highest BCUT2D eigenvalue weighted by Crippen LogP contribution is 2.59. The molecule has 2 unspecified atom stereocenters. The minimum Gasteiger partial charge on any atom is -0.366 e. The molecule has 4 aliphatic rings. The fraction of sp³-hybridized carbons (Fsp3) is 0.724. The number of fused-ring (bicyclic) bond motifs is 3. The minimum absolute atomic E-state index is 0.0148. The van der Waals surface area contributed by atoms with E-state index in [1.54, 1.807) is 5.56 Å². The van der Waals surface area contributed by atoms with Gasteiger partial charge in [0.05, 0.1) is 19.8 Å². The van der Waals surface area contributed by atoms with Gasteiger partial charge in [-0.2, -0.15) is 0 Å². The van der Waals surface area contributed by atoms with Gasteiger partial charge in [0.25, 0.3) is 0 Å². The van der Waals surface area contributed by atoms with E-state index in [-0.39, 0.29) is 12.4 Å². The highest BCUT2D eigenvalue weighted by Gasteiger charge is 2.48. The summed E-state index contributed by atoms with van der Waals surface area (Å²) in [6, 6.07) is 9.33. The summed E-state index contributed by atoms with van der Waals surface area (Å²) in [6.45, 7) is 6.15. The average Bonchev–Trinajstić information content (AvgIpc) is 2.86. The Labute approximate surface area is 195 Å². The molecular weight excluding hydrogens is 396 g/mol. The first-order valence-electron chi connectivity index (χ1n) is 13.3. The van der Waals surface area contributed by atoms with Crippen molar-refractivity contribution in [3.05, 3.63) is 47.5 Å². The highest BCUT2D eigenvalue weighted by atomic mass is 16.7. The van der Waals surface area contributed by atoms with Crippen LogP contribution in [0.5, 0.6) is 0 Å². The molecule has 0 aromatic heterocycles. The molecule has 1 heterocycles. The van der Waals surface area contributed by atoms with Gasteiger partial charge >= 0.3 is 0 Å². The van der Waals surface area contributed by atoms with E-state index in [1.165, 1.54) is 76.2 Å². The molecule has 1 saturated heterocycles. The topological polar surface area (TPSA) is 27.7 Å². The molecule has 178 valence electrons. The van der Waals surface area contributed by atoms with Crippen LogP contribution in [0.25, 0.3) is 0 Å². The van der Waals surface area contributed by atoms with Crippen molar-refractivity contribution in [2.24, 2.45) is 5.41 Å². The van der Waals surface area contributed by atoms with Gasteiger partial charge in [-0.05, 0) is 73.3 Å². The van der Waals surface area contributed by atoms with E-state index >= 15 is 0 Å².